The molecule has 8 nitrogen and oxygen atoms in total. The van der Waals surface area contributed by atoms with Crippen molar-refractivity contribution in [3.63, 3.8) is 0 Å². The summed E-state index contributed by atoms with van der Waals surface area (Å²) >= 11 is 0. The molecule has 1 aliphatic rings. The fourth-order valence-corrected chi connectivity index (χ4v) is 3.99. The van der Waals surface area contributed by atoms with E-state index >= 15 is 0 Å². The SMILES string of the molecule is CC1CCCCN1CCC(=O)Nc1ccc2c(=O)c3cc([N+](=O)[O-])ccc3oc2c1. The molecule has 1 amide bonds. The third-order valence-corrected chi connectivity index (χ3v) is 5.72. The van der Waals surface area contributed by atoms with Crippen molar-refractivity contribution in [2.75, 3.05) is 18.4 Å². The molecule has 8 heteroatoms. The number of fused-ring (bicyclic) bond motifs is 2. The van der Waals surface area contributed by atoms with Crippen LogP contribution in [0, 0.1) is 10.1 Å². The highest BCUT2D eigenvalue weighted by atomic mass is 16.6. The van der Waals surface area contributed by atoms with Crippen molar-refractivity contribution in [2.24, 2.45) is 0 Å². The largest absolute Gasteiger partial charge is 0.456 e. The van der Waals surface area contributed by atoms with E-state index in [1.54, 1.807) is 18.2 Å². The zero-order chi connectivity index (χ0) is 21.3. The fraction of sp³-hybridized carbons (Fsp3) is 0.364. The van der Waals surface area contributed by atoms with Gasteiger partial charge in [0.15, 0.2) is 0 Å². The summed E-state index contributed by atoms with van der Waals surface area (Å²) in [5, 5.41) is 14.3. The Morgan fingerprint density at radius 2 is 2.03 bits per heavy atom. The second kappa shape index (κ2) is 8.23. The number of hydrogen-bond donors (Lipinski definition) is 1. The number of carbonyl (C=O) groups is 1. The first-order valence-electron chi connectivity index (χ1n) is 10.1. The second-order valence-corrected chi connectivity index (χ2v) is 7.76. The van der Waals surface area contributed by atoms with Crippen molar-refractivity contribution in [3.8, 4) is 0 Å². The normalized spacial score (nSPS) is 17.3. The Balaban J connectivity index is 1.53. The monoisotopic (exact) mass is 409 g/mol. The topological polar surface area (TPSA) is 106 Å². The molecular formula is C22H23N3O5. The average Bonchev–Trinajstić information content (AvgIpc) is 2.73. The lowest BCUT2D eigenvalue weighted by Crippen LogP contribution is -2.39. The van der Waals surface area contributed by atoms with Crippen LogP contribution in [0.25, 0.3) is 21.9 Å². The summed E-state index contributed by atoms with van der Waals surface area (Å²) in [5.74, 6) is -0.0918. The van der Waals surface area contributed by atoms with Crippen molar-refractivity contribution in [3.05, 3.63) is 56.7 Å². The van der Waals surface area contributed by atoms with Gasteiger partial charge >= 0.3 is 0 Å². The van der Waals surface area contributed by atoms with Crippen LogP contribution in [0.5, 0.6) is 0 Å². The maximum atomic E-state index is 12.7. The van der Waals surface area contributed by atoms with E-state index in [1.165, 1.54) is 37.5 Å². The third kappa shape index (κ3) is 4.04. The summed E-state index contributed by atoms with van der Waals surface area (Å²) in [7, 11) is 0. The maximum Gasteiger partial charge on any atom is 0.270 e. The summed E-state index contributed by atoms with van der Waals surface area (Å²) in [6.45, 7) is 3.95. The van der Waals surface area contributed by atoms with Gasteiger partial charge in [0.1, 0.15) is 11.2 Å². The predicted molar refractivity (Wildman–Crippen MR) is 115 cm³/mol. The third-order valence-electron chi connectivity index (χ3n) is 5.72. The summed E-state index contributed by atoms with van der Waals surface area (Å²) in [6.07, 6.45) is 3.98. The van der Waals surface area contributed by atoms with Gasteiger partial charge in [-0.05, 0) is 44.5 Å². The van der Waals surface area contributed by atoms with Crippen LogP contribution in [0.3, 0.4) is 0 Å². The van der Waals surface area contributed by atoms with Crippen molar-refractivity contribution in [1.82, 2.24) is 4.90 Å². The first-order valence-corrected chi connectivity index (χ1v) is 10.1. The Bertz CT molecular complexity index is 1190. The van der Waals surface area contributed by atoms with Crippen LogP contribution in [-0.4, -0.2) is 34.9 Å². The molecule has 1 atom stereocenters. The molecule has 1 unspecified atom stereocenters. The number of non-ortho nitro benzene ring substituents is 1. The first-order chi connectivity index (χ1) is 14.4. The van der Waals surface area contributed by atoms with Crippen LogP contribution in [0.2, 0.25) is 0 Å². The van der Waals surface area contributed by atoms with Crippen molar-refractivity contribution >= 4 is 39.2 Å². The zero-order valence-corrected chi connectivity index (χ0v) is 16.7. The molecule has 1 N–H and O–H groups in total. The highest BCUT2D eigenvalue weighted by molar-refractivity contribution is 5.95. The van der Waals surface area contributed by atoms with Crippen LogP contribution in [-0.2, 0) is 4.79 Å². The van der Waals surface area contributed by atoms with E-state index in [9.17, 15) is 19.7 Å². The minimum absolute atomic E-state index is 0.0918. The quantitative estimate of drug-likeness (QED) is 0.387. The molecule has 4 rings (SSSR count). The number of anilines is 1. The van der Waals surface area contributed by atoms with Crippen LogP contribution in [0.1, 0.15) is 32.6 Å². The maximum absolute atomic E-state index is 12.7. The zero-order valence-electron chi connectivity index (χ0n) is 16.7. The Labute approximate surface area is 172 Å². The number of nitro benzene ring substituents is 1. The molecule has 0 radical (unpaired) electrons. The van der Waals surface area contributed by atoms with Crippen molar-refractivity contribution in [2.45, 2.75) is 38.6 Å². The lowest BCUT2D eigenvalue weighted by atomic mass is 10.0. The van der Waals surface area contributed by atoms with Gasteiger partial charge in [-0.3, -0.25) is 19.7 Å². The number of benzene rings is 2. The number of nitrogens with one attached hydrogen (secondary N) is 1. The molecule has 0 saturated carbocycles. The van der Waals surface area contributed by atoms with Gasteiger partial charge in [-0.15, -0.1) is 0 Å². The lowest BCUT2D eigenvalue weighted by Gasteiger charge is -2.33. The van der Waals surface area contributed by atoms with Crippen LogP contribution < -0.4 is 10.7 Å². The molecule has 1 fully saturated rings. The van der Waals surface area contributed by atoms with E-state index in [0.29, 0.717) is 29.1 Å². The van der Waals surface area contributed by atoms with Crippen LogP contribution >= 0.6 is 0 Å². The average molecular weight is 409 g/mol. The van der Waals surface area contributed by atoms with Crippen LogP contribution in [0.15, 0.2) is 45.6 Å². The molecular weight excluding hydrogens is 386 g/mol. The van der Waals surface area contributed by atoms with Crippen molar-refractivity contribution < 1.29 is 14.1 Å². The smallest absolute Gasteiger partial charge is 0.270 e. The number of nitrogens with zero attached hydrogens (tertiary/aromatic N) is 2. The number of piperidine rings is 1. The summed E-state index contributed by atoms with van der Waals surface area (Å²) < 4.78 is 5.77. The number of hydrogen-bond acceptors (Lipinski definition) is 6. The number of rotatable bonds is 5. The molecule has 30 heavy (non-hydrogen) atoms. The second-order valence-electron chi connectivity index (χ2n) is 7.76. The van der Waals surface area contributed by atoms with Crippen molar-refractivity contribution in [1.29, 1.82) is 0 Å². The van der Waals surface area contributed by atoms with Gasteiger partial charge in [-0.2, -0.15) is 0 Å². The highest BCUT2D eigenvalue weighted by Gasteiger charge is 2.19. The van der Waals surface area contributed by atoms with Gasteiger partial charge in [0.05, 0.1) is 15.7 Å². The minimum atomic E-state index is -0.549. The highest BCUT2D eigenvalue weighted by Crippen LogP contribution is 2.25. The summed E-state index contributed by atoms with van der Waals surface area (Å²) in [4.78, 5) is 37.9. The fourth-order valence-electron chi connectivity index (χ4n) is 3.99. The van der Waals surface area contributed by atoms with Gasteiger partial charge in [-0.1, -0.05) is 6.42 Å². The van der Waals surface area contributed by atoms with Gasteiger partial charge in [0.25, 0.3) is 5.69 Å². The Morgan fingerprint density at radius 3 is 2.80 bits per heavy atom. The molecule has 3 aromatic rings. The minimum Gasteiger partial charge on any atom is -0.456 e. The Hall–Kier alpha value is -3.26. The van der Waals surface area contributed by atoms with E-state index < -0.39 is 4.92 Å². The molecule has 156 valence electrons. The number of likely N-dealkylation sites (tertiary alicyclic amines) is 1. The Morgan fingerprint density at radius 1 is 1.20 bits per heavy atom. The van der Waals surface area contributed by atoms with Gasteiger partial charge in [-0.25, -0.2) is 0 Å². The summed E-state index contributed by atoms with van der Waals surface area (Å²) in [5.41, 5.74) is 0.626. The van der Waals surface area contributed by atoms with Gasteiger partial charge in [0.2, 0.25) is 11.3 Å². The molecule has 0 aliphatic carbocycles. The van der Waals surface area contributed by atoms with Gasteiger partial charge in [0, 0.05) is 42.9 Å². The van der Waals surface area contributed by atoms with E-state index in [2.05, 4.69) is 17.1 Å². The van der Waals surface area contributed by atoms with E-state index in [0.717, 1.165) is 13.1 Å². The molecule has 1 aromatic heterocycles. The molecule has 0 spiro atoms. The lowest BCUT2D eigenvalue weighted by molar-refractivity contribution is -0.384. The summed E-state index contributed by atoms with van der Waals surface area (Å²) in [6, 6.07) is 9.26. The number of nitro groups is 1. The molecule has 2 heterocycles. The molecule has 1 aliphatic heterocycles. The van der Waals surface area contributed by atoms with Crippen LogP contribution in [0.4, 0.5) is 11.4 Å². The predicted octanol–water partition coefficient (Wildman–Crippen LogP) is 4.06. The van der Waals surface area contributed by atoms with E-state index in [4.69, 9.17) is 4.42 Å². The molecule has 1 saturated heterocycles. The standard InChI is InChI=1S/C22H23N3O5/c1-14-4-2-3-10-24(14)11-9-21(26)23-15-5-7-17-20(12-15)30-19-8-6-16(25(28)29)13-18(19)22(17)27/h5-8,12-14H,2-4,9-11H2,1H3,(H,23,26). The Kier molecular flexibility index (Phi) is 5.50. The van der Waals surface area contributed by atoms with E-state index in [-0.39, 0.29) is 28.0 Å². The number of carbonyl (C=O) groups excluding carboxylic acids is 1. The first kappa shape index (κ1) is 20.0. The molecule has 0 bridgehead atoms. The molecule has 2 aromatic carbocycles. The number of amides is 1. The van der Waals surface area contributed by atoms with Gasteiger partial charge < -0.3 is 14.6 Å². The van der Waals surface area contributed by atoms with E-state index in [1.807, 2.05) is 0 Å².